The van der Waals surface area contributed by atoms with Gasteiger partial charge in [0.15, 0.2) is 0 Å². The number of amides is 1. The number of aromatic amines is 1. The number of ether oxygens (including phenoxy) is 1. The first-order chi connectivity index (χ1) is 12.7. The quantitative estimate of drug-likeness (QED) is 0.883. The van der Waals surface area contributed by atoms with Crippen molar-refractivity contribution in [3.8, 4) is 5.75 Å². The van der Waals surface area contributed by atoms with E-state index in [-0.39, 0.29) is 23.8 Å². The van der Waals surface area contributed by atoms with Gasteiger partial charge in [-0.3, -0.25) is 14.6 Å². The lowest BCUT2D eigenvalue weighted by atomic mass is 9.87. The Balaban J connectivity index is 1.77. The maximum Gasteiger partial charge on any atom is 0.258 e. The van der Waals surface area contributed by atoms with Crippen LogP contribution in [0.4, 0.5) is 11.8 Å². The lowest BCUT2D eigenvalue weighted by molar-refractivity contribution is -0.116. The molecule has 2 N–H and O–H groups in total. The summed E-state index contributed by atoms with van der Waals surface area (Å²) in [5.74, 6) is 1.15. The van der Waals surface area contributed by atoms with Gasteiger partial charge in [-0.2, -0.15) is 4.98 Å². The molecule has 3 heterocycles. The molecule has 0 radical (unpaired) electrons. The topological polar surface area (TPSA) is 87.3 Å². The molecular formula is C19H22N4O3. The number of carbonyl (C=O) groups is 1. The number of benzene rings is 1. The Morgan fingerprint density at radius 1 is 1.19 bits per heavy atom. The molecule has 1 saturated heterocycles. The van der Waals surface area contributed by atoms with Crippen molar-refractivity contribution in [2.75, 3.05) is 30.4 Å². The molecular weight excluding hydrogens is 332 g/mol. The zero-order chi connectivity index (χ0) is 18.1. The monoisotopic (exact) mass is 354 g/mol. The van der Waals surface area contributed by atoms with Crippen molar-refractivity contribution in [1.29, 1.82) is 0 Å². The van der Waals surface area contributed by atoms with Crippen LogP contribution >= 0.6 is 0 Å². The normalized spacial score (nSPS) is 19.7. The number of anilines is 2. The van der Waals surface area contributed by atoms with Gasteiger partial charge >= 0.3 is 0 Å². The summed E-state index contributed by atoms with van der Waals surface area (Å²) in [5.41, 5.74) is 1.19. The number of rotatable bonds is 3. The van der Waals surface area contributed by atoms with Crippen LogP contribution < -0.4 is 20.5 Å². The molecule has 1 aromatic heterocycles. The van der Waals surface area contributed by atoms with Crippen LogP contribution in [0.5, 0.6) is 5.75 Å². The van der Waals surface area contributed by atoms with E-state index < -0.39 is 0 Å². The van der Waals surface area contributed by atoms with Crippen LogP contribution in [0, 0.1) is 0 Å². The Morgan fingerprint density at radius 3 is 2.77 bits per heavy atom. The van der Waals surface area contributed by atoms with E-state index in [9.17, 15) is 9.59 Å². The zero-order valence-corrected chi connectivity index (χ0v) is 14.7. The molecule has 136 valence electrons. The summed E-state index contributed by atoms with van der Waals surface area (Å²) in [7, 11) is 1.60. The fourth-order valence-electron chi connectivity index (χ4n) is 3.76. The number of hydrogen-bond acceptors (Lipinski definition) is 5. The van der Waals surface area contributed by atoms with Crippen LogP contribution in [0.15, 0.2) is 29.1 Å². The van der Waals surface area contributed by atoms with Gasteiger partial charge in [0.05, 0.1) is 12.7 Å². The van der Waals surface area contributed by atoms with E-state index >= 15 is 0 Å². The van der Waals surface area contributed by atoms with Crippen molar-refractivity contribution in [1.82, 2.24) is 9.97 Å². The number of methoxy groups -OCH3 is 1. The summed E-state index contributed by atoms with van der Waals surface area (Å²) in [5, 5.41) is 2.78. The van der Waals surface area contributed by atoms with E-state index in [1.54, 1.807) is 7.11 Å². The van der Waals surface area contributed by atoms with E-state index in [1.165, 1.54) is 6.42 Å². The van der Waals surface area contributed by atoms with Crippen molar-refractivity contribution in [3.63, 3.8) is 0 Å². The summed E-state index contributed by atoms with van der Waals surface area (Å²) >= 11 is 0. The van der Waals surface area contributed by atoms with Gasteiger partial charge in [0.1, 0.15) is 11.6 Å². The second kappa shape index (κ2) is 6.82. The third kappa shape index (κ3) is 3.05. The minimum Gasteiger partial charge on any atom is -0.497 e. The number of carbonyl (C=O) groups excluding carboxylic acids is 1. The van der Waals surface area contributed by atoms with E-state index in [1.807, 2.05) is 24.3 Å². The fourth-order valence-corrected chi connectivity index (χ4v) is 3.76. The standard InChI is InChI=1S/C19H22N4O3/c1-26-13-7-5-6-12(10-13)14-11-15(24)20-17-16(14)18(25)22-19(21-17)23-8-3-2-4-9-23/h5-7,10,14H,2-4,8-9,11H2,1H3,(H2,20,21,22,24,25)/t14-/m0/s1. The molecule has 0 saturated carbocycles. The molecule has 0 bridgehead atoms. The van der Waals surface area contributed by atoms with Gasteiger partial charge in [0, 0.05) is 25.4 Å². The average Bonchev–Trinajstić information content (AvgIpc) is 2.67. The second-order valence-electron chi connectivity index (χ2n) is 6.78. The number of aromatic nitrogens is 2. The smallest absolute Gasteiger partial charge is 0.258 e. The lowest BCUT2D eigenvalue weighted by Crippen LogP contribution is -2.36. The van der Waals surface area contributed by atoms with Crippen LogP contribution in [0.3, 0.4) is 0 Å². The number of hydrogen-bond donors (Lipinski definition) is 2. The first-order valence-corrected chi connectivity index (χ1v) is 8.98. The molecule has 0 unspecified atom stereocenters. The van der Waals surface area contributed by atoms with E-state index in [0.29, 0.717) is 23.1 Å². The van der Waals surface area contributed by atoms with Gasteiger partial charge in [-0.25, -0.2) is 0 Å². The molecule has 1 aromatic carbocycles. The maximum atomic E-state index is 12.9. The molecule has 4 rings (SSSR count). The van der Waals surface area contributed by atoms with E-state index in [4.69, 9.17) is 4.74 Å². The maximum absolute atomic E-state index is 12.9. The Bertz CT molecular complexity index is 887. The molecule has 26 heavy (non-hydrogen) atoms. The highest BCUT2D eigenvalue weighted by molar-refractivity contribution is 5.94. The van der Waals surface area contributed by atoms with Gasteiger partial charge < -0.3 is 15.0 Å². The third-order valence-corrected chi connectivity index (χ3v) is 5.09. The third-order valence-electron chi connectivity index (χ3n) is 5.09. The minimum atomic E-state index is -0.333. The van der Waals surface area contributed by atoms with E-state index in [2.05, 4.69) is 20.2 Å². The predicted octanol–water partition coefficient (Wildman–Crippen LogP) is 2.24. The second-order valence-corrected chi connectivity index (χ2v) is 6.78. The molecule has 2 aliphatic rings. The summed E-state index contributed by atoms with van der Waals surface area (Å²) in [6.45, 7) is 1.74. The van der Waals surface area contributed by atoms with Crippen LogP contribution in [0.1, 0.15) is 42.7 Å². The highest BCUT2D eigenvalue weighted by atomic mass is 16.5. The average molecular weight is 354 g/mol. The summed E-state index contributed by atoms with van der Waals surface area (Å²) < 4.78 is 5.28. The Kier molecular flexibility index (Phi) is 4.36. The first kappa shape index (κ1) is 16.6. The van der Waals surface area contributed by atoms with Crippen LogP contribution in [0.25, 0.3) is 0 Å². The molecule has 2 aromatic rings. The molecule has 1 atom stereocenters. The van der Waals surface area contributed by atoms with Crippen molar-refractivity contribution in [2.45, 2.75) is 31.6 Å². The van der Waals surface area contributed by atoms with Crippen molar-refractivity contribution < 1.29 is 9.53 Å². The van der Waals surface area contributed by atoms with Crippen molar-refractivity contribution >= 4 is 17.7 Å². The van der Waals surface area contributed by atoms with Gasteiger partial charge in [-0.05, 0) is 37.0 Å². The zero-order valence-electron chi connectivity index (χ0n) is 14.7. The highest BCUT2D eigenvalue weighted by Gasteiger charge is 2.31. The van der Waals surface area contributed by atoms with Crippen LogP contribution in [0.2, 0.25) is 0 Å². The minimum absolute atomic E-state index is 0.131. The van der Waals surface area contributed by atoms with Gasteiger partial charge in [-0.15, -0.1) is 0 Å². The molecule has 0 aliphatic carbocycles. The predicted molar refractivity (Wildman–Crippen MR) is 99.0 cm³/mol. The largest absolute Gasteiger partial charge is 0.497 e. The Labute approximate surface area is 151 Å². The van der Waals surface area contributed by atoms with Crippen LogP contribution in [-0.4, -0.2) is 36.1 Å². The highest BCUT2D eigenvalue weighted by Crippen LogP contribution is 2.35. The number of H-pyrrole nitrogens is 1. The molecule has 2 aliphatic heterocycles. The number of fused-ring (bicyclic) bond motifs is 1. The number of nitrogens with one attached hydrogen (secondary N) is 2. The van der Waals surface area contributed by atoms with Gasteiger partial charge in [0.2, 0.25) is 11.9 Å². The molecule has 7 heteroatoms. The molecule has 1 fully saturated rings. The molecule has 1 amide bonds. The van der Waals surface area contributed by atoms with Crippen molar-refractivity contribution in [2.24, 2.45) is 0 Å². The van der Waals surface area contributed by atoms with Gasteiger partial charge in [-0.1, -0.05) is 12.1 Å². The van der Waals surface area contributed by atoms with E-state index in [0.717, 1.165) is 31.5 Å². The van der Waals surface area contributed by atoms with Crippen molar-refractivity contribution in [3.05, 3.63) is 45.7 Å². The fraction of sp³-hybridized carbons (Fsp3) is 0.421. The van der Waals surface area contributed by atoms with Crippen LogP contribution in [-0.2, 0) is 4.79 Å². The van der Waals surface area contributed by atoms with Gasteiger partial charge in [0.25, 0.3) is 5.56 Å². The first-order valence-electron chi connectivity index (χ1n) is 8.98. The number of piperidine rings is 1. The Hall–Kier alpha value is -2.83. The molecule has 7 nitrogen and oxygen atoms in total. The summed E-state index contributed by atoms with van der Waals surface area (Å²) in [4.78, 5) is 34.7. The molecule has 0 spiro atoms. The summed E-state index contributed by atoms with van der Waals surface area (Å²) in [6.07, 6.45) is 3.58. The lowest BCUT2D eigenvalue weighted by Gasteiger charge is -2.29. The summed E-state index contributed by atoms with van der Waals surface area (Å²) in [6, 6.07) is 7.48. The Morgan fingerprint density at radius 2 is 2.00 bits per heavy atom. The number of nitrogens with zero attached hydrogens (tertiary/aromatic N) is 2. The SMILES string of the molecule is COc1cccc([C@@H]2CC(=O)Nc3nc(N4CCCCC4)[nH]c(=O)c32)c1.